The third-order valence-electron chi connectivity index (χ3n) is 7.19. The number of carboxylic acids is 1. The van der Waals surface area contributed by atoms with Gasteiger partial charge in [0.25, 0.3) is 15.9 Å². The van der Waals surface area contributed by atoms with E-state index in [0.717, 1.165) is 29.8 Å². The SMILES string of the molecule is C[C@@H]1CN([C@@H](C)CO)C(=O)c2cc(NS(=O)(=O)c3ccc(F)cc3)ccc2O[C@@H]1CN(C)Cc1ccc(C(=O)O)cc1. The second-order valence-electron chi connectivity index (χ2n) is 10.6. The molecule has 0 unspecified atom stereocenters. The van der Waals surface area contributed by atoms with Crippen LogP contribution in [0.25, 0.3) is 0 Å². The molecule has 3 aromatic carbocycles. The Labute approximate surface area is 244 Å². The Bertz CT molecular complexity index is 1530. The molecule has 0 saturated heterocycles. The Morgan fingerprint density at radius 2 is 1.81 bits per heavy atom. The number of aromatic carboxylic acids is 1. The molecule has 0 bridgehead atoms. The third-order valence-corrected chi connectivity index (χ3v) is 8.58. The van der Waals surface area contributed by atoms with Gasteiger partial charge in [0.15, 0.2) is 0 Å². The predicted octanol–water partition coefficient (Wildman–Crippen LogP) is 3.68. The number of anilines is 1. The van der Waals surface area contributed by atoms with E-state index in [0.29, 0.717) is 13.1 Å². The van der Waals surface area contributed by atoms with Crippen LogP contribution in [0.15, 0.2) is 71.6 Å². The number of hydrogen-bond acceptors (Lipinski definition) is 7. The first-order chi connectivity index (χ1) is 19.9. The molecule has 4 rings (SSSR count). The van der Waals surface area contributed by atoms with Crippen LogP contribution in [0.3, 0.4) is 0 Å². The number of benzene rings is 3. The van der Waals surface area contributed by atoms with Gasteiger partial charge in [0.05, 0.1) is 28.7 Å². The second-order valence-corrected chi connectivity index (χ2v) is 12.3. The molecule has 3 aromatic rings. The van der Waals surface area contributed by atoms with E-state index in [1.807, 2.05) is 18.9 Å². The van der Waals surface area contributed by atoms with Crippen molar-refractivity contribution in [3.05, 3.63) is 89.2 Å². The fourth-order valence-corrected chi connectivity index (χ4v) is 5.82. The molecule has 0 radical (unpaired) electrons. The molecule has 10 nitrogen and oxygen atoms in total. The van der Waals surface area contributed by atoms with E-state index in [1.54, 1.807) is 36.1 Å². The number of rotatable bonds is 10. The van der Waals surface area contributed by atoms with E-state index >= 15 is 0 Å². The first-order valence-corrected chi connectivity index (χ1v) is 14.9. The number of carbonyl (C=O) groups excluding carboxylic acids is 1. The normalized spacial score (nSPS) is 18.0. The number of hydrogen-bond donors (Lipinski definition) is 3. The smallest absolute Gasteiger partial charge is 0.335 e. The Hall–Kier alpha value is -4.00. The molecule has 3 atom stereocenters. The van der Waals surface area contributed by atoms with Gasteiger partial charge in [-0.3, -0.25) is 14.4 Å². The number of amides is 1. The molecule has 42 heavy (non-hydrogen) atoms. The highest BCUT2D eigenvalue weighted by molar-refractivity contribution is 7.92. The number of nitrogens with one attached hydrogen (secondary N) is 1. The van der Waals surface area contributed by atoms with E-state index < -0.39 is 33.8 Å². The second kappa shape index (κ2) is 12.9. The van der Waals surface area contributed by atoms with Crippen molar-refractivity contribution >= 4 is 27.6 Å². The molecule has 1 aliphatic rings. The molecule has 0 aromatic heterocycles. The summed E-state index contributed by atoms with van der Waals surface area (Å²) in [5.41, 5.74) is 1.39. The number of ether oxygens (including phenoxy) is 1. The molecule has 3 N–H and O–H groups in total. The fourth-order valence-electron chi connectivity index (χ4n) is 4.77. The largest absolute Gasteiger partial charge is 0.488 e. The molecule has 1 amide bonds. The predicted molar refractivity (Wildman–Crippen MR) is 155 cm³/mol. The van der Waals surface area contributed by atoms with Crippen molar-refractivity contribution in [1.29, 1.82) is 0 Å². The molecule has 1 heterocycles. The molecule has 12 heteroatoms. The molecule has 224 valence electrons. The van der Waals surface area contributed by atoms with E-state index in [1.165, 1.54) is 18.2 Å². The Morgan fingerprint density at radius 3 is 2.43 bits per heavy atom. The van der Waals surface area contributed by atoms with Crippen molar-refractivity contribution < 1.29 is 37.3 Å². The van der Waals surface area contributed by atoms with E-state index in [2.05, 4.69) is 4.72 Å². The number of carboxylic acid groups (broad SMARTS) is 1. The highest BCUT2D eigenvalue weighted by atomic mass is 32.2. The van der Waals surface area contributed by atoms with Crippen molar-refractivity contribution in [1.82, 2.24) is 9.80 Å². The minimum atomic E-state index is -4.06. The lowest BCUT2D eigenvalue weighted by atomic mass is 9.99. The van der Waals surface area contributed by atoms with Crippen LogP contribution in [-0.4, -0.2) is 79.2 Å². The lowest BCUT2D eigenvalue weighted by molar-refractivity contribution is 0.0341. The highest BCUT2D eigenvalue weighted by Crippen LogP contribution is 2.31. The third kappa shape index (κ3) is 7.25. The maximum Gasteiger partial charge on any atom is 0.335 e. The summed E-state index contributed by atoms with van der Waals surface area (Å²) in [5, 5.41) is 19.0. The van der Waals surface area contributed by atoms with Crippen molar-refractivity contribution in [2.75, 3.05) is 31.5 Å². The zero-order chi connectivity index (χ0) is 30.6. The summed E-state index contributed by atoms with van der Waals surface area (Å²) >= 11 is 0. The lowest BCUT2D eigenvalue weighted by Gasteiger charge is -2.38. The average molecular weight is 600 g/mol. The quantitative estimate of drug-likeness (QED) is 0.321. The minimum Gasteiger partial charge on any atom is -0.488 e. The monoisotopic (exact) mass is 599 g/mol. The van der Waals surface area contributed by atoms with E-state index in [4.69, 9.17) is 9.84 Å². The standard InChI is InChI=1S/C30H34FN3O7S/c1-19-15-34(20(2)18-35)29(36)26-14-24(32-42(39,40)25-11-8-23(31)9-12-25)10-13-27(26)41-28(19)17-33(3)16-21-4-6-22(7-5-21)30(37)38/h4-14,19-20,28,32,35H,15-18H2,1-3H3,(H,37,38)/t19-,20+,28-/m1/s1. The summed E-state index contributed by atoms with van der Waals surface area (Å²) in [5.74, 6) is -1.83. The molecular weight excluding hydrogens is 565 g/mol. The Balaban J connectivity index is 1.60. The summed E-state index contributed by atoms with van der Waals surface area (Å²) < 4.78 is 47.9. The number of likely N-dealkylation sites (N-methyl/N-ethyl adjacent to an activating group) is 1. The van der Waals surface area contributed by atoms with Crippen LogP contribution < -0.4 is 9.46 Å². The van der Waals surface area contributed by atoms with Crippen molar-refractivity contribution in [2.24, 2.45) is 5.92 Å². The minimum absolute atomic E-state index is 0.124. The van der Waals surface area contributed by atoms with Gasteiger partial charge in [-0.2, -0.15) is 0 Å². The van der Waals surface area contributed by atoms with Gasteiger partial charge in [-0.15, -0.1) is 0 Å². The molecule has 0 saturated carbocycles. The zero-order valence-corrected chi connectivity index (χ0v) is 24.3. The van der Waals surface area contributed by atoms with Crippen LogP contribution in [0.4, 0.5) is 10.1 Å². The van der Waals surface area contributed by atoms with Gasteiger partial charge in [0.2, 0.25) is 0 Å². The topological polar surface area (TPSA) is 136 Å². The Kier molecular flexibility index (Phi) is 9.50. The van der Waals surface area contributed by atoms with Gasteiger partial charge in [-0.05, 0) is 74.1 Å². The maximum absolute atomic E-state index is 13.7. The first kappa shape index (κ1) is 30.9. The van der Waals surface area contributed by atoms with Crippen LogP contribution in [0.2, 0.25) is 0 Å². The van der Waals surface area contributed by atoms with E-state index in [-0.39, 0.29) is 52.6 Å². The number of aliphatic hydroxyl groups excluding tert-OH is 1. The number of aliphatic hydroxyl groups is 1. The fraction of sp³-hybridized carbons (Fsp3) is 0.333. The molecule has 0 aliphatic carbocycles. The average Bonchev–Trinajstić information content (AvgIpc) is 2.95. The molecule has 1 aliphatic heterocycles. The van der Waals surface area contributed by atoms with Gasteiger partial charge in [-0.25, -0.2) is 17.6 Å². The number of halogens is 1. The summed E-state index contributed by atoms with van der Waals surface area (Å²) in [7, 11) is -2.15. The van der Waals surface area contributed by atoms with Crippen molar-refractivity contribution in [3.8, 4) is 5.75 Å². The van der Waals surface area contributed by atoms with Gasteiger partial charge >= 0.3 is 5.97 Å². The summed E-state index contributed by atoms with van der Waals surface area (Å²) in [6, 6.07) is 14.9. The number of carbonyl (C=O) groups is 2. The van der Waals surface area contributed by atoms with Crippen LogP contribution in [-0.2, 0) is 16.6 Å². The number of sulfonamides is 1. The summed E-state index contributed by atoms with van der Waals surface area (Å²) in [4.78, 5) is 28.3. The maximum atomic E-state index is 13.7. The first-order valence-electron chi connectivity index (χ1n) is 13.4. The van der Waals surface area contributed by atoms with Crippen molar-refractivity contribution in [3.63, 3.8) is 0 Å². The van der Waals surface area contributed by atoms with Crippen LogP contribution in [0.1, 0.15) is 40.1 Å². The Morgan fingerprint density at radius 1 is 1.14 bits per heavy atom. The summed E-state index contributed by atoms with van der Waals surface area (Å²) in [6.45, 7) is 4.71. The summed E-state index contributed by atoms with van der Waals surface area (Å²) in [6.07, 6.45) is -0.379. The van der Waals surface area contributed by atoms with Crippen LogP contribution in [0.5, 0.6) is 5.75 Å². The molecule has 0 fully saturated rings. The van der Waals surface area contributed by atoms with Gasteiger partial charge < -0.3 is 19.8 Å². The van der Waals surface area contributed by atoms with Gasteiger partial charge in [0, 0.05) is 31.2 Å². The zero-order valence-electron chi connectivity index (χ0n) is 23.5. The van der Waals surface area contributed by atoms with Crippen LogP contribution in [0, 0.1) is 11.7 Å². The number of nitrogens with zero attached hydrogens (tertiary/aromatic N) is 2. The van der Waals surface area contributed by atoms with E-state index in [9.17, 15) is 27.5 Å². The molecular formula is C30H34FN3O7S. The van der Waals surface area contributed by atoms with Gasteiger partial charge in [-0.1, -0.05) is 19.1 Å². The van der Waals surface area contributed by atoms with Crippen molar-refractivity contribution in [2.45, 2.75) is 37.4 Å². The van der Waals surface area contributed by atoms with Crippen LogP contribution >= 0.6 is 0 Å². The van der Waals surface area contributed by atoms with Gasteiger partial charge in [0.1, 0.15) is 17.7 Å². The molecule has 0 spiro atoms. The highest BCUT2D eigenvalue weighted by Gasteiger charge is 2.33. The lowest BCUT2D eigenvalue weighted by Crippen LogP contribution is -2.49. The number of fused-ring (bicyclic) bond motifs is 1.